The highest BCUT2D eigenvalue weighted by Crippen LogP contribution is 2.28. The zero-order valence-electron chi connectivity index (χ0n) is 12.8. The van der Waals surface area contributed by atoms with E-state index in [4.69, 9.17) is 4.74 Å². The number of halogens is 1. The van der Waals surface area contributed by atoms with Crippen LogP contribution in [0.4, 0.5) is 4.39 Å². The number of piperidine rings is 1. The molecule has 1 N–H and O–H groups in total. The van der Waals surface area contributed by atoms with Gasteiger partial charge >= 0.3 is 0 Å². The molecule has 1 aromatic rings. The van der Waals surface area contributed by atoms with Crippen molar-refractivity contribution in [2.75, 3.05) is 26.7 Å². The molecule has 1 aliphatic carbocycles. The van der Waals surface area contributed by atoms with E-state index in [9.17, 15) is 4.39 Å². The molecule has 1 heterocycles. The van der Waals surface area contributed by atoms with Crippen LogP contribution < -0.4 is 10.1 Å². The van der Waals surface area contributed by atoms with Crippen molar-refractivity contribution in [2.45, 2.75) is 38.3 Å². The first-order valence-corrected chi connectivity index (χ1v) is 8.03. The third-order valence-corrected chi connectivity index (χ3v) is 4.64. The zero-order chi connectivity index (χ0) is 14.7. The molecule has 0 aromatic heterocycles. The first kappa shape index (κ1) is 14.8. The molecule has 3 nitrogen and oxygen atoms in total. The molecule has 116 valence electrons. The van der Waals surface area contributed by atoms with Gasteiger partial charge in [-0.15, -0.1) is 0 Å². The fourth-order valence-corrected chi connectivity index (χ4v) is 3.03. The number of methoxy groups -OCH3 is 1. The van der Waals surface area contributed by atoms with Gasteiger partial charge in [-0.3, -0.25) is 4.90 Å². The van der Waals surface area contributed by atoms with Gasteiger partial charge in [-0.1, -0.05) is 12.1 Å². The maximum atomic E-state index is 14.2. The van der Waals surface area contributed by atoms with Gasteiger partial charge in [0.1, 0.15) is 0 Å². The van der Waals surface area contributed by atoms with E-state index in [2.05, 4.69) is 10.2 Å². The molecule has 2 fully saturated rings. The lowest BCUT2D eigenvalue weighted by molar-refractivity contribution is 0.188. The van der Waals surface area contributed by atoms with E-state index in [1.807, 2.05) is 12.1 Å². The fourth-order valence-electron chi connectivity index (χ4n) is 3.03. The average Bonchev–Trinajstić information content (AvgIpc) is 3.33. The minimum Gasteiger partial charge on any atom is -0.494 e. The van der Waals surface area contributed by atoms with Gasteiger partial charge in [0.15, 0.2) is 11.6 Å². The third kappa shape index (κ3) is 3.95. The van der Waals surface area contributed by atoms with Crippen LogP contribution in [-0.2, 0) is 6.54 Å². The maximum Gasteiger partial charge on any atom is 0.169 e. The molecule has 0 bridgehead atoms. The number of nitrogens with one attached hydrogen (secondary N) is 1. The predicted molar refractivity (Wildman–Crippen MR) is 82.0 cm³/mol. The van der Waals surface area contributed by atoms with Crippen molar-refractivity contribution in [1.82, 2.24) is 10.2 Å². The van der Waals surface area contributed by atoms with Crippen LogP contribution in [0.5, 0.6) is 5.75 Å². The maximum absolute atomic E-state index is 14.2. The topological polar surface area (TPSA) is 24.5 Å². The lowest BCUT2D eigenvalue weighted by Gasteiger charge is -2.32. The van der Waals surface area contributed by atoms with Crippen molar-refractivity contribution in [1.29, 1.82) is 0 Å². The van der Waals surface area contributed by atoms with E-state index in [0.717, 1.165) is 37.4 Å². The smallest absolute Gasteiger partial charge is 0.169 e. The Labute approximate surface area is 126 Å². The summed E-state index contributed by atoms with van der Waals surface area (Å²) in [7, 11) is 1.51. The Balaban J connectivity index is 1.48. The van der Waals surface area contributed by atoms with Crippen LogP contribution in [0.3, 0.4) is 0 Å². The van der Waals surface area contributed by atoms with Gasteiger partial charge in [0, 0.05) is 18.2 Å². The number of likely N-dealkylation sites (tertiary alicyclic amines) is 1. The minimum atomic E-state index is -0.214. The first-order valence-electron chi connectivity index (χ1n) is 8.03. The molecule has 1 aromatic carbocycles. The number of nitrogens with zero attached hydrogens (tertiary/aromatic N) is 1. The van der Waals surface area contributed by atoms with Crippen LogP contribution in [0.15, 0.2) is 18.2 Å². The highest BCUT2D eigenvalue weighted by Gasteiger charge is 2.24. The van der Waals surface area contributed by atoms with E-state index in [1.165, 1.54) is 26.5 Å². The Hall–Kier alpha value is -1.13. The minimum absolute atomic E-state index is 0.214. The standard InChI is InChI=1S/C17H25FN2O/c1-21-16-4-2-3-14(17(16)18)12-20-9-7-15(8-10-20)19-11-13-5-6-13/h2-4,13,15,19H,5-12H2,1H3. The molecule has 1 saturated carbocycles. The third-order valence-electron chi connectivity index (χ3n) is 4.64. The molecule has 2 aliphatic rings. The highest BCUT2D eigenvalue weighted by atomic mass is 19.1. The number of hydrogen-bond donors (Lipinski definition) is 1. The van der Waals surface area contributed by atoms with Crippen molar-refractivity contribution in [3.63, 3.8) is 0 Å². The summed E-state index contributed by atoms with van der Waals surface area (Å²) in [4.78, 5) is 2.34. The van der Waals surface area contributed by atoms with E-state index >= 15 is 0 Å². The van der Waals surface area contributed by atoms with Crippen molar-refractivity contribution in [3.8, 4) is 5.75 Å². The van der Waals surface area contributed by atoms with Crippen LogP contribution in [-0.4, -0.2) is 37.7 Å². The number of hydrogen-bond acceptors (Lipinski definition) is 3. The quantitative estimate of drug-likeness (QED) is 0.872. The highest BCUT2D eigenvalue weighted by molar-refractivity contribution is 5.31. The van der Waals surface area contributed by atoms with Crippen LogP contribution in [0.25, 0.3) is 0 Å². The van der Waals surface area contributed by atoms with Gasteiger partial charge < -0.3 is 10.1 Å². The summed E-state index contributed by atoms with van der Waals surface area (Å²) < 4.78 is 19.2. The SMILES string of the molecule is COc1cccc(CN2CCC(NCC3CC3)CC2)c1F. The molecular formula is C17H25FN2O. The Bertz CT molecular complexity index is 468. The summed E-state index contributed by atoms with van der Waals surface area (Å²) in [5.41, 5.74) is 0.735. The predicted octanol–water partition coefficient (Wildman–Crippen LogP) is 2.80. The largest absolute Gasteiger partial charge is 0.494 e. The second-order valence-corrected chi connectivity index (χ2v) is 6.34. The molecule has 0 unspecified atom stereocenters. The second kappa shape index (κ2) is 6.75. The zero-order valence-corrected chi connectivity index (χ0v) is 12.8. The number of benzene rings is 1. The number of rotatable bonds is 6. The second-order valence-electron chi connectivity index (χ2n) is 6.34. The summed E-state index contributed by atoms with van der Waals surface area (Å²) >= 11 is 0. The van der Waals surface area contributed by atoms with Gasteiger partial charge in [-0.2, -0.15) is 0 Å². The van der Waals surface area contributed by atoms with Crippen LogP contribution >= 0.6 is 0 Å². The lowest BCUT2D eigenvalue weighted by atomic mass is 10.0. The van der Waals surface area contributed by atoms with E-state index in [1.54, 1.807) is 6.07 Å². The summed E-state index contributed by atoms with van der Waals surface area (Å²) in [6.45, 7) is 3.95. The molecule has 1 saturated heterocycles. The summed E-state index contributed by atoms with van der Waals surface area (Å²) in [6.07, 6.45) is 5.14. The Kier molecular flexibility index (Phi) is 4.76. The van der Waals surface area contributed by atoms with Crippen LogP contribution in [0.1, 0.15) is 31.2 Å². The van der Waals surface area contributed by atoms with Gasteiger partial charge in [0.25, 0.3) is 0 Å². The van der Waals surface area contributed by atoms with E-state index in [-0.39, 0.29) is 5.82 Å². The summed E-state index contributed by atoms with van der Waals surface area (Å²) in [5, 5.41) is 3.68. The molecule has 0 spiro atoms. The Morgan fingerprint density at radius 1 is 1.24 bits per heavy atom. The molecule has 0 atom stereocenters. The molecule has 0 amide bonds. The van der Waals surface area contributed by atoms with E-state index < -0.39 is 0 Å². The molecule has 1 aliphatic heterocycles. The molecule has 21 heavy (non-hydrogen) atoms. The van der Waals surface area contributed by atoms with Gasteiger partial charge in [0.2, 0.25) is 0 Å². The molecule has 0 radical (unpaired) electrons. The van der Waals surface area contributed by atoms with Crippen molar-refractivity contribution >= 4 is 0 Å². The summed E-state index contributed by atoms with van der Waals surface area (Å²) in [6, 6.07) is 6.04. The Morgan fingerprint density at radius 2 is 2.00 bits per heavy atom. The van der Waals surface area contributed by atoms with Crippen LogP contribution in [0.2, 0.25) is 0 Å². The van der Waals surface area contributed by atoms with Gasteiger partial charge in [-0.25, -0.2) is 4.39 Å². The normalized spacial score (nSPS) is 20.7. The Morgan fingerprint density at radius 3 is 2.67 bits per heavy atom. The first-order chi connectivity index (χ1) is 10.3. The monoisotopic (exact) mass is 292 g/mol. The van der Waals surface area contributed by atoms with Crippen molar-refractivity contribution < 1.29 is 9.13 Å². The summed E-state index contributed by atoms with van der Waals surface area (Å²) in [5.74, 6) is 1.07. The van der Waals surface area contributed by atoms with Crippen molar-refractivity contribution in [2.24, 2.45) is 5.92 Å². The number of ether oxygens (including phenoxy) is 1. The van der Waals surface area contributed by atoms with Gasteiger partial charge in [-0.05, 0) is 57.3 Å². The lowest BCUT2D eigenvalue weighted by Crippen LogP contribution is -2.42. The molecule has 3 rings (SSSR count). The van der Waals surface area contributed by atoms with Crippen molar-refractivity contribution in [3.05, 3.63) is 29.6 Å². The van der Waals surface area contributed by atoms with Crippen LogP contribution in [0, 0.1) is 11.7 Å². The van der Waals surface area contributed by atoms with E-state index in [0.29, 0.717) is 18.3 Å². The molecular weight excluding hydrogens is 267 g/mol. The molecule has 4 heteroatoms. The average molecular weight is 292 g/mol. The van der Waals surface area contributed by atoms with Gasteiger partial charge in [0.05, 0.1) is 7.11 Å². The fraction of sp³-hybridized carbons (Fsp3) is 0.647.